The molecule has 5 nitrogen and oxygen atoms in total. The van der Waals surface area contributed by atoms with E-state index in [4.69, 9.17) is 4.74 Å². The zero-order valence-corrected chi connectivity index (χ0v) is 8.91. The van der Waals surface area contributed by atoms with E-state index in [2.05, 4.69) is 27.7 Å². The van der Waals surface area contributed by atoms with Crippen LogP contribution in [0.1, 0.15) is 11.5 Å². The number of rotatable bonds is 3. The molecule has 0 aliphatic rings. The second-order valence-corrected chi connectivity index (χ2v) is 3.37. The van der Waals surface area contributed by atoms with Gasteiger partial charge < -0.3 is 4.74 Å². The van der Waals surface area contributed by atoms with E-state index < -0.39 is 6.67 Å². The molecule has 2 aromatic rings. The van der Waals surface area contributed by atoms with Crippen LogP contribution in [0, 0.1) is 0 Å². The molecule has 0 aromatic carbocycles. The molecule has 7 heteroatoms. The number of hydrogen-bond donors (Lipinski definition) is 1. The van der Waals surface area contributed by atoms with Crippen molar-refractivity contribution < 1.29 is 9.13 Å². The highest BCUT2D eigenvalue weighted by Gasteiger charge is 2.08. The standard InChI is InChI=1S/C8H9FN4OS/c1-14-4-6-11-8-10-5(3-9)2-7(15)13(8)12-6/h2,15H,3-4H2,1H3. The Bertz CT molecular complexity index is 487. The predicted molar refractivity (Wildman–Crippen MR) is 53.6 cm³/mol. The molecule has 0 saturated heterocycles. The number of alkyl halides is 1. The summed E-state index contributed by atoms with van der Waals surface area (Å²) in [5, 5.41) is 4.60. The van der Waals surface area contributed by atoms with Gasteiger partial charge in [0.2, 0.25) is 0 Å². The van der Waals surface area contributed by atoms with Gasteiger partial charge in [-0.25, -0.2) is 9.37 Å². The summed E-state index contributed by atoms with van der Waals surface area (Å²) in [6.45, 7) is -0.349. The molecule has 0 atom stereocenters. The number of aromatic nitrogens is 4. The summed E-state index contributed by atoms with van der Waals surface area (Å²) in [6, 6.07) is 1.52. The molecule has 0 radical (unpaired) electrons. The minimum atomic E-state index is -0.642. The van der Waals surface area contributed by atoms with E-state index in [1.54, 1.807) is 7.11 Å². The van der Waals surface area contributed by atoms with Gasteiger partial charge in [-0.3, -0.25) is 0 Å². The monoisotopic (exact) mass is 228 g/mol. The van der Waals surface area contributed by atoms with Crippen LogP contribution in [0.3, 0.4) is 0 Å². The van der Waals surface area contributed by atoms with E-state index in [0.29, 0.717) is 28.9 Å². The Morgan fingerprint density at radius 2 is 2.33 bits per heavy atom. The van der Waals surface area contributed by atoms with Crippen molar-refractivity contribution in [1.29, 1.82) is 0 Å². The Labute approximate surface area is 90.7 Å². The van der Waals surface area contributed by atoms with Gasteiger partial charge in [-0.2, -0.15) is 9.50 Å². The van der Waals surface area contributed by atoms with Crippen molar-refractivity contribution in [1.82, 2.24) is 19.6 Å². The van der Waals surface area contributed by atoms with E-state index in [0.717, 1.165) is 0 Å². The van der Waals surface area contributed by atoms with E-state index in [1.807, 2.05) is 0 Å². The highest BCUT2D eigenvalue weighted by Crippen LogP contribution is 2.11. The molecule has 0 aliphatic heterocycles. The number of methoxy groups -OCH3 is 1. The normalized spacial score (nSPS) is 11.1. The number of ether oxygens (including phenoxy) is 1. The summed E-state index contributed by atoms with van der Waals surface area (Å²) < 4.78 is 18.7. The second-order valence-electron chi connectivity index (χ2n) is 2.91. The third kappa shape index (κ3) is 1.93. The van der Waals surface area contributed by atoms with Crippen molar-refractivity contribution in [3.8, 4) is 0 Å². The summed E-state index contributed by atoms with van der Waals surface area (Å²) in [5.41, 5.74) is 0.295. The first kappa shape index (κ1) is 10.3. The molecule has 2 aromatic heterocycles. The average molecular weight is 228 g/mol. The lowest BCUT2D eigenvalue weighted by Gasteiger charge is -1.97. The summed E-state index contributed by atoms with van der Waals surface area (Å²) in [7, 11) is 1.55. The van der Waals surface area contributed by atoms with Gasteiger partial charge in [0.1, 0.15) is 18.3 Å². The van der Waals surface area contributed by atoms with Gasteiger partial charge in [-0.15, -0.1) is 17.7 Å². The van der Waals surface area contributed by atoms with Crippen LogP contribution in [-0.2, 0) is 18.0 Å². The molecular formula is C8H9FN4OS. The van der Waals surface area contributed by atoms with Gasteiger partial charge >= 0.3 is 0 Å². The summed E-state index contributed by atoms with van der Waals surface area (Å²) in [4.78, 5) is 8.04. The number of fused-ring (bicyclic) bond motifs is 1. The molecule has 0 spiro atoms. The van der Waals surface area contributed by atoms with E-state index in [-0.39, 0.29) is 0 Å². The average Bonchev–Trinajstić information content (AvgIpc) is 2.61. The Balaban J connectivity index is 2.54. The first-order valence-electron chi connectivity index (χ1n) is 4.24. The Kier molecular flexibility index (Phi) is 2.83. The van der Waals surface area contributed by atoms with Crippen molar-refractivity contribution in [2.45, 2.75) is 18.3 Å². The molecule has 0 unspecified atom stereocenters. The maximum absolute atomic E-state index is 12.4. The molecule has 0 bridgehead atoms. The quantitative estimate of drug-likeness (QED) is 0.629. The molecule has 0 amide bonds. The maximum Gasteiger partial charge on any atom is 0.253 e. The van der Waals surface area contributed by atoms with Crippen molar-refractivity contribution in [2.24, 2.45) is 0 Å². The number of nitrogens with zero attached hydrogens (tertiary/aromatic N) is 4. The molecule has 0 aliphatic carbocycles. The number of thiol groups is 1. The van der Waals surface area contributed by atoms with Crippen LogP contribution in [0.2, 0.25) is 0 Å². The van der Waals surface area contributed by atoms with Crippen LogP contribution in [0.25, 0.3) is 5.78 Å². The molecule has 2 heterocycles. The maximum atomic E-state index is 12.4. The van der Waals surface area contributed by atoms with E-state index in [9.17, 15) is 4.39 Å². The van der Waals surface area contributed by atoms with Crippen LogP contribution >= 0.6 is 12.6 Å². The number of hydrogen-bond acceptors (Lipinski definition) is 5. The zero-order valence-electron chi connectivity index (χ0n) is 8.01. The molecule has 2 rings (SSSR count). The topological polar surface area (TPSA) is 52.3 Å². The largest absolute Gasteiger partial charge is 0.377 e. The fourth-order valence-electron chi connectivity index (χ4n) is 1.20. The highest BCUT2D eigenvalue weighted by molar-refractivity contribution is 7.80. The predicted octanol–water partition coefficient (Wildman–Crippen LogP) is 1.03. The summed E-state index contributed by atoms with van der Waals surface area (Å²) >= 11 is 4.17. The SMILES string of the molecule is COCc1nc2nc(CF)cc(S)n2n1. The van der Waals surface area contributed by atoms with Gasteiger partial charge in [0.25, 0.3) is 5.78 Å². The van der Waals surface area contributed by atoms with Crippen molar-refractivity contribution in [3.63, 3.8) is 0 Å². The lowest BCUT2D eigenvalue weighted by Crippen LogP contribution is -1.97. The van der Waals surface area contributed by atoms with Gasteiger partial charge in [-0.05, 0) is 6.07 Å². The van der Waals surface area contributed by atoms with Crippen LogP contribution in [-0.4, -0.2) is 26.7 Å². The van der Waals surface area contributed by atoms with Crippen molar-refractivity contribution in [2.75, 3.05) is 7.11 Å². The van der Waals surface area contributed by atoms with Crippen LogP contribution in [0.15, 0.2) is 11.1 Å². The lowest BCUT2D eigenvalue weighted by molar-refractivity contribution is 0.178. The molecule has 0 N–H and O–H groups in total. The van der Waals surface area contributed by atoms with Gasteiger partial charge in [0.15, 0.2) is 5.82 Å². The van der Waals surface area contributed by atoms with Crippen LogP contribution in [0.4, 0.5) is 4.39 Å². The lowest BCUT2D eigenvalue weighted by atomic mass is 10.4. The van der Waals surface area contributed by atoms with E-state index in [1.165, 1.54) is 10.6 Å². The Morgan fingerprint density at radius 3 is 3.00 bits per heavy atom. The van der Waals surface area contributed by atoms with Crippen molar-refractivity contribution >= 4 is 18.4 Å². The summed E-state index contributed by atoms with van der Waals surface area (Å²) in [5.74, 6) is 0.832. The zero-order chi connectivity index (χ0) is 10.8. The van der Waals surface area contributed by atoms with E-state index >= 15 is 0 Å². The molecule has 0 saturated carbocycles. The second kappa shape index (κ2) is 4.11. The van der Waals surface area contributed by atoms with Gasteiger partial charge in [-0.1, -0.05) is 0 Å². The fraction of sp³-hybridized carbons (Fsp3) is 0.375. The minimum Gasteiger partial charge on any atom is -0.377 e. The molecule has 80 valence electrons. The minimum absolute atomic E-state index is 0.293. The fourth-order valence-corrected chi connectivity index (χ4v) is 1.48. The van der Waals surface area contributed by atoms with Gasteiger partial charge in [0.05, 0.1) is 5.69 Å². The first-order valence-corrected chi connectivity index (χ1v) is 4.68. The smallest absolute Gasteiger partial charge is 0.253 e. The Hall–Kier alpha value is -1.21. The molecule has 0 fully saturated rings. The molecular weight excluding hydrogens is 219 g/mol. The van der Waals surface area contributed by atoms with Crippen molar-refractivity contribution in [3.05, 3.63) is 17.6 Å². The molecule has 15 heavy (non-hydrogen) atoms. The number of halogens is 1. The van der Waals surface area contributed by atoms with Gasteiger partial charge in [0, 0.05) is 7.11 Å². The van der Waals surface area contributed by atoms with Crippen LogP contribution < -0.4 is 0 Å². The highest BCUT2D eigenvalue weighted by atomic mass is 32.1. The third-order valence-electron chi connectivity index (χ3n) is 1.80. The first-order chi connectivity index (χ1) is 7.24. The van der Waals surface area contributed by atoms with Crippen LogP contribution in [0.5, 0.6) is 0 Å². The third-order valence-corrected chi connectivity index (χ3v) is 2.12. The Morgan fingerprint density at radius 1 is 1.53 bits per heavy atom. The summed E-state index contributed by atoms with van der Waals surface area (Å²) in [6.07, 6.45) is 0.